The number of halogens is 1. The Balaban J connectivity index is 1.46. The summed E-state index contributed by atoms with van der Waals surface area (Å²) in [6, 6.07) is 16.4. The van der Waals surface area contributed by atoms with Gasteiger partial charge in [-0.05, 0) is 49.8 Å². The van der Waals surface area contributed by atoms with Gasteiger partial charge in [-0.2, -0.15) is 0 Å². The second kappa shape index (κ2) is 13.0. The Hall–Kier alpha value is -3.56. The van der Waals surface area contributed by atoms with E-state index in [0.717, 1.165) is 16.8 Å². The van der Waals surface area contributed by atoms with Crippen molar-refractivity contribution in [2.75, 3.05) is 26.3 Å². The first kappa shape index (κ1) is 29.0. The fourth-order valence-electron chi connectivity index (χ4n) is 5.34. The lowest BCUT2D eigenvalue weighted by Crippen LogP contribution is -2.42. The zero-order chi connectivity index (χ0) is 28.9. The Bertz CT molecular complexity index is 1400. The number of hydrogen-bond donors (Lipinski definition) is 0. The Morgan fingerprint density at radius 1 is 0.976 bits per heavy atom. The molecule has 0 bridgehead atoms. The van der Waals surface area contributed by atoms with Gasteiger partial charge in [0.05, 0.1) is 42.9 Å². The molecule has 3 aliphatic rings. The van der Waals surface area contributed by atoms with Gasteiger partial charge in [0.1, 0.15) is 0 Å². The molecule has 1 atom stereocenters. The molecule has 1 saturated heterocycles. The molecule has 10 heteroatoms. The van der Waals surface area contributed by atoms with E-state index in [1.807, 2.05) is 52.8 Å². The second-order valence-corrected chi connectivity index (χ2v) is 11.2. The van der Waals surface area contributed by atoms with Crippen LogP contribution >= 0.6 is 23.4 Å². The van der Waals surface area contributed by atoms with Crippen LogP contribution in [0.3, 0.4) is 0 Å². The van der Waals surface area contributed by atoms with E-state index in [2.05, 4.69) is 0 Å². The van der Waals surface area contributed by atoms with E-state index in [9.17, 15) is 14.4 Å². The Morgan fingerprint density at radius 2 is 1.66 bits per heavy atom. The molecular formula is C31H32ClN3O5S. The molecule has 0 spiro atoms. The molecule has 3 aliphatic heterocycles. The van der Waals surface area contributed by atoms with E-state index >= 15 is 0 Å². The lowest BCUT2D eigenvalue weighted by molar-refractivity contribution is -0.151. The zero-order valence-electron chi connectivity index (χ0n) is 23.0. The first-order valence-electron chi connectivity index (χ1n) is 13.8. The maximum absolute atomic E-state index is 13.6. The summed E-state index contributed by atoms with van der Waals surface area (Å²) in [5.41, 5.74) is 3.33. The normalized spacial score (nSPS) is 19.0. The van der Waals surface area contributed by atoms with Crippen LogP contribution in [0.15, 0.2) is 76.3 Å². The summed E-state index contributed by atoms with van der Waals surface area (Å²) in [6.45, 7) is 5.13. The van der Waals surface area contributed by atoms with Gasteiger partial charge >= 0.3 is 11.9 Å². The number of rotatable bonds is 8. The summed E-state index contributed by atoms with van der Waals surface area (Å²) >= 11 is 7.66. The number of piperidine rings is 1. The Kier molecular flexibility index (Phi) is 9.15. The van der Waals surface area contributed by atoms with Crippen molar-refractivity contribution in [2.45, 2.75) is 39.2 Å². The number of nitrogens with zero attached hydrogens (tertiary/aromatic N) is 3. The van der Waals surface area contributed by atoms with E-state index in [-0.39, 0.29) is 30.8 Å². The zero-order valence-corrected chi connectivity index (χ0v) is 24.6. The molecule has 2 aromatic carbocycles. The van der Waals surface area contributed by atoms with E-state index in [0.29, 0.717) is 54.0 Å². The summed E-state index contributed by atoms with van der Waals surface area (Å²) < 4.78 is 10.7. The summed E-state index contributed by atoms with van der Waals surface area (Å²) in [7, 11) is 0. The number of carbonyl (C=O) groups is 3. The van der Waals surface area contributed by atoms with E-state index in [1.165, 1.54) is 11.8 Å². The van der Waals surface area contributed by atoms with Crippen LogP contribution in [-0.2, 0) is 23.9 Å². The number of likely N-dealkylation sites (tertiary alicyclic amines) is 1. The van der Waals surface area contributed by atoms with Crippen LogP contribution in [0.4, 0.5) is 0 Å². The molecule has 0 radical (unpaired) electrons. The summed E-state index contributed by atoms with van der Waals surface area (Å²) in [5, 5.41) is 3.19. The van der Waals surface area contributed by atoms with E-state index in [4.69, 9.17) is 26.1 Å². The number of thioether (sulfide) groups is 1. The number of esters is 2. The Labute approximate surface area is 249 Å². The molecule has 2 aromatic rings. The average Bonchev–Trinajstić information content (AvgIpc) is 3.39. The van der Waals surface area contributed by atoms with Crippen LogP contribution in [0.5, 0.6) is 0 Å². The Morgan fingerprint density at radius 3 is 2.32 bits per heavy atom. The third kappa shape index (κ3) is 6.21. The highest BCUT2D eigenvalue weighted by Crippen LogP contribution is 2.47. The SMILES string of the molecule is CCOC(=O)C1=C(c2ccccc2)N=C2SC=C(CC(=O)N3CCC(C(=O)OCC)CC3)N2[C@@H]1c1ccc(Cl)cc1. The molecule has 0 unspecified atom stereocenters. The van der Waals surface area contributed by atoms with Gasteiger partial charge in [0.25, 0.3) is 0 Å². The first-order valence-corrected chi connectivity index (χ1v) is 15.1. The summed E-state index contributed by atoms with van der Waals surface area (Å²) in [6.07, 6.45) is 1.30. The van der Waals surface area contributed by atoms with Crippen molar-refractivity contribution in [2.24, 2.45) is 10.9 Å². The molecule has 0 aliphatic carbocycles. The van der Waals surface area contributed by atoms with Crippen LogP contribution in [0.25, 0.3) is 5.70 Å². The number of aliphatic imine (C=N–C) groups is 1. The summed E-state index contributed by atoms with van der Waals surface area (Å²) in [4.78, 5) is 47.9. The molecule has 0 aromatic heterocycles. The molecule has 214 valence electrons. The highest BCUT2D eigenvalue weighted by atomic mass is 35.5. The third-order valence-electron chi connectivity index (χ3n) is 7.34. The predicted molar refractivity (Wildman–Crippen MR) is 160 cm³/mol. The maximum Gasteiger partial charge on any atom is 0.338 e. The van der Waals surface area contributed by atoms with Gasteiger partial charge < -0.3 is 19.3 Å². The van der Waals surface area contributed by atoms with Crippen molar-refractivity contribution in [3.8, 4) is 0 Å². The monoisotopic (exact) mass is 593 g/mol. The van der Waals surface area contributed by atoms with Gasteiger partial charge in [-0.15, -0.1) is 0 Å². The van der Waals surface area contributed by atoms with E-state index in [1.54, 1.807) is 30.9 Å². The van der Waals surface area contributed by atoms with Gasteiger partial charge in [0.15, 0.2) is 5.17 Å². The molecule has 41 heavy (non-hydrogen) atoms. The quantitative estimate of drug-likeness (QED) is 0.357. The number of amidine groups is 1. The van der Waals surface area contributed by atoms with Gasteiger partial charge in [0, 0.05) is 29.4 Å². The molecular weight excluding hydrogens is 562 g/mol. The minimum Gasteiger partial charge on any atom is -0.466 e. The van der Waals surface area contributed by atoms with Crippen LogP contribution < -0.4 is 0 Å². The van der Waals surface area contributed by atoms with Gasteiger partial charge in [-0.3, -0.25) is 9.59 Å². The van der Waals surface area contributed by atoms with Crippen molar-refractivity contribution in [3.63, 3.8) is 0 Å². The molecule has 1 amide bonds. The van der Waals surface area contributed by atoms with Gasteiger partial charge in [0.2, 0.25) is 5.91 Å². The van der Waals surface area contributed by atoms with Crippen molar-refractivity contribution in [3.05, 3.63) is 87.4 Å². The van der Waals surface area contributed by atoms with Gasteiger partial charge in [-0.1, -0.05) is 65.8 Å². The molecule has 5 rings (SSSR count). The minimum absolute atomic E-state index is 0.0363. The standard InChI is InChI=1S/C31H32ClN3O5S/c1-3-39-29(37)22-14-16-34(17-15-22)25(36)18-24-19-41-31-33-27(20-8-6-5-7-9-20)26(30(38)40-4-2)28(35(24)31)21-10-12-23(32)13-11-21/h5-13,19,22,28H,3-4,14-18H2,1-2H3/t28-/m1/s1. The van der Waals surface area contributed by atoms with Crippen molar-refractivity contribution >= 4 is 52.1 Å². The first-order chi connectivity index (χ1) is 19.9. The molecule has 0 N–H and O–H groups in total. The fraction of sp³-hybridized carbons (Fsp3) is 0.355. The highest BCUT2D eigenvalue weighted by Gasteiger charge is 2.42. The highest BCUT2D eigenvalue weighted by molar-refractivity contribution is 8.16. The second-order valence-electron chi connectivity index (χ2n) is 9.88. The average molecular weight is 594 g/mol. The number of fused-ring (bicyclic) bond motifs is 1. The van der Waals surface area contributed by atoms with Crippen molar-refractivity contribution < 1.29 is 23.9 Å². The van der Waals surface area contributed by atoms with Crippen LogP contribution in [-0.4, -0.2) is 59.1 Å². The molecule has 1 fully saturated rings. The lowest BCUT2D eigenvalue weighted by atomic mass is 9.91. The van der Waals surface area contributed by atoms with E-state index < -0.39 is 12.0 Å². The topological polar surface area (TPSA) is 88.5 Å². The number of ether oxygens (including phenoxy) is 2. The summed E-state index contributed by atoms with van der Waals surface area (Å²) in [5.74, 6) is -0.866. The smallest absolute Gasteiger partial charge is 0.338 e. The minimum atomic E-state index is -0.572. The number of carbonyl (C=O) groups excluding carboxylic acids is 3. The number of hydrogen-bond acceptors (Lipinski definition) is 8. The molecule has 8 nitrogen and oxygen atoms in total. The van der Waals surface area contributed by atoms with Crippen LogP contribution in [0.1, 0.15) is 50.3 Å². The fourth-order valence-corrected chi connectivity index (χ4v) is 6.38. The molecule has 0 saturated carbocycles. The maximum atomic E-state index is 13.6. The van der Waals surface area contributed by atoms with Gasteiger partial charge in [-0.25, -0.2) is 9.79 Å². The lowest BCUT2D eigenvalue weighted by Gasteiger charge is -2.37. The number of amides is 1. The van der Waals surface area contributed by atoms with Crippen molar-refractivity contribution in [1.29, 1.82) is 0 Å². The van der Waals surface area contributed by atoms with Crippen LogP contribution in [0.2, 0.25) is 5.02 Å². The predicted octanol–water partition coefficient (Wildman–Crippen LogP) is 5.81. The number of benzene rings is 2. The molecule has 3 heterocycles. The largest absolute Gasteiger partial charge is 0.466 e. The van der Waals surface area contributed by atoms with Crippen molar-refractivity contribution in [1.82, 2.24) is 9.80 Å². The van der Waals surface area contributed by atoms with Crippen LogP contribution in [0, 0.1) is 5.92 Å². The third-order valence-corrected chi connectivity index (χ3v) is 8.48.